The molecule has 0 atom stereocenters. The maximum absolute atomic E-state index is 13.5. The van der Waals surface area contributed by atoms with E-state index in [1.165, 1.54) is 12.1 Å². The number of amides is 1. The second kappa shape index (κ2) is 9.40. The van der Waals surface area contributed by atoms with Crippen LogP contribution in [0.1, 0.15) is 61.3 Å². The number of pyridine rings is 1. The minimum Gasteiger partial charge on any atom is -0.492 e. The number of fused-ring (bicyclic) bond motifs is 1. The van der Waals surface area contributed by atoms with Crippen LogP contribution in [0.2, 0.25) is 0 Å². The fraction of sp³-hybridized carbons (Fsp3) is 0.440. The molecule has 2 aromatic heterocycles. The highest BCUT2D eigenvalue weighted by molar-refractivity contribution is 5.96. The Morgan fingerprint density at radius 2 is 1.85 bits per heavy atom. The normalized spacial score (nSPS) is 14.7. The van der Waals surface area contributed by atoms with Crippen LogP contribution < -0.4 is 4.74 Å². The molecule has 0 aliphatic carbocycles. The van der Waals surface area contributed by atoms with Gasteiger partial charge in [-0.1, -0.05) is 13.8 Å². The lowest BCUT2D eigenvalue weighted by Gasteiger charge is -2.31. The lowest BCUT2D eigenvalue weighted by molar-refractivity contribution is -0.130. The van der Waals surface area contributed by atoms with Gasteiger partial charge in [-0.15, -0.1) is 0 Å². The van der Waals surface area contributed by atoms with E-state index in [4.69, 9.17) is 9.84 Å². The van der Waals surface area contributed by atoms with Crippen LogP contribution in [0.3, 0.4) is 0 Å². The first kappa shape index (κ1) is 23.7. The minimum atomic E-state index is -1.16. The zero-order valence-corrected chi connectivity index (χ0v) is 19.8. The van der Waals surface area contributed by atoms with Gasteiger partial charge in [0.05, 0.1) is 23.4 Å². The van der Waals surface area contributed by atoms with Crippen LogP contribution >= 0.6 is 0 Å². The number of benzene rings is 1. The Hall–Kier alpha value is -3.49. The van der Waals surface area contributed by atoms with E-state index >= 15 is 0 Å². The van der Waals surface area contributed by atoms with Gasteiger partial charge in [0.25, 0.3) is 0 Å². The number of rotatable bonds is 6. The number of ether oxygens (including phenoxy) is 1. The standard InChI is InChI=1S/C25H29FN4O4/c1-14(2)21-20-23(34-13-17-9-11-29(12-10-17)16(4)31)15(3)22(25(32)33)27-24(20)30(28-21)19-7-5-18(26)6-8-19/h5-8,14,17H,9-13H2,1-4H3,(H,32,33). The number of carbonyl (C=O) groups is 2. The molecule has 1 amide bonds. The molecule has 3 heterocycles. The summed E-state index contributed by atoms with van der Waals surface area (Å²) in [5.41, 5.74) is 2.01. The summed E-state index contributed by atoms with van der Waals surface area (Å²) in [7, 11) is 0. The Balaban J connectivity index is 1.78. The number of carboxylic acid groups (broad SMARTS) is 1. The van der Waals surface area contributed by atoms with Crippen molar-refractivity contribution >= 4 is 22.9 Å². The number of aromatic carboxylic acids is 1. The second-order valence-electron chi connectivity index (χ2n) is 9.11. The molecule has 4 rings (SSSR count). The van der Waals surface area contributed by atoms with Crippen LogP contribution in [0, 0.1) is 18.7 Å². The maximum Gasteiger partial charge on any atom is 0.354 e. The molecule has 1 N–H and O–H groups in total. The molecule has 3 aromatic rings. The molecule has 1 aliphatic rings. The van der Waals surface area contributed by atoms with Crippen LogP contribution in [0.25, 0.3) is 16.7 Å². The van der Waals surface area contributed by atoms with Gasteiger partial charge in [0.1, 0.15) is 11.6 Å². The molecule has 1 fully saturated rings. The van der Waals surface area contributed by atoms with Crippen LogP contribution in [-0.2, 0) is 4.79 Å². The van der Waals surface area contributed by atoms with E-state index in [0.717, 1.165) is 18.5 Å². The molecule has 0 saturated carbocycles. The molecule has 0 spiro atoms. The Bertz CT molecular complexity index is 1230. The molecule has 9 heteroatoms. The van der Waals surface area contributed by atoms with Crippen molar-refractivity contribution in [3.8, 4) is 11.4 Å². The van der Waals surface area contributed by atoms with Crippen LogP contribution in [-0.4, -0.2) is 56.3 Å². The quantitative estimate of drug-likeness (QED) is 0.578. The van der Waals surface area contributed by atoms with E-state index in [-0.39, 0.29) is 29.3 Å². The predicted octanol–water partition coefficient (Wildman–Crippen LogP) is 4.33. The molecular weight excluding hydrogens is 439 g/mol. The first-order valence-electron chi connectivity index (χ1n) is 11.5. The van der Waals surface area contributed by atoms with Gasteiger partial charge >= 0.3 is 5.97 Å². The average Bonchev–Trinajstić information content (AvgIpc) is 3.18. The first-order chi connectivity index (χ1) is 16.2. The summed E-state index contributed by atoms with van der Waals surface area (Å²) in [4.78, 5) is 29.9. The van der Waals surface area contributed by atoms with E-state index in [9.17, 15) is 19.1 Å². The molecule has 1 saturated heterocycles. The van der Waals surface area contributed by atoms with E-state index in [2.05, 4.69) is 4.98 Å². The monoisotopic (exact) mass is 468 g/mol. The molecule has 8 nitrogen and oxygen atoms in total. The fourth-order valence-corrected chi connectivity index (χ4v) is 4.40. The van der Waals surface area contributed by atoms with Gasteiger partial charge in [0.15, 0.2) is 11.3 Å². The van der Waals surface area contributed by atoms with E-state index in [1.807, 2.05) is 18.7 Å². The Labute approximate surface area is 197 Å². The topological polar surface area (TPSA) is 97.6 Å². The van der Waals surface area contributed by atoms with Gasteiger partial charge in [-0.05, 0) is 55.9 Å². The first-order valence-corrected chi connectivity index (χ1v) is 11.5. The summed E-state index contributed by atoms with van der Waals surface area (Å²) in [5.74, 6) is -0.722. The zero-order chi connectivity index (χ0) is 24.6. The Morgan fingerprint density at radius 3 is 2.41 bits per heavy atom. The third-order valence-corrected chi connectivity index (χ3v) is 6.37. The highest BCUT2D eigenvalue weighted by Crippen LogP contribution is 2.37. The molecule has 1 aliphatic heterocycles. The van der Waals surface area contributed by atoms with Crippen molar-refractivity contribution in [1.82, 2.24) is 19.7 Å². The Kier molecular flexibility index (Phi) is 6.54. The van der Waals surface area contributed by atoms with Gasteiger partial charge in [0.2, 0.25) is 5.91 Å². The fourth-order valence-electron chi connectivity index (χ4n) is 4.40. The number of carboxylic acids is 1. The van der Waals surface area contributed by atoms with Gasteiger partial charge in [-0.3, -0.25) is 4.79 Å². The number of piperidine rings is 1. The average molecular weight is 469 g/mol. The van der Waals surface area contributed by atoms with Crippen LogP contribution in [0.4, 0.5) is 4.39 Å². The highest BCUT2D eigenvalue weighted by Gasteiger charge is 2.27. The van der Waals surface area contributed by atoms with E-state index < -0.39 is 5.97 Å². The van der Waals surface area contributed by atoms with Crippen molar-refractivity contribution in [1.29, 1.82) is 0 Å². The van der Waals surface area contributed by atoms with Crippen LogP contribution in [0.15, 0.2) is 24.3 Å². The highest BCUT2D eigenvalue weighted by atomic mass is 19.1. The van der Waals surface area contributed by atoms with Crippen molar-refractivity contribution in [2.45, 2.75) is 46.5 Å². The molecular formula is C25H29FN4O4. The molecule has 1 aromatic carbocycles. The van der Waals surface area contributed by atoms with Crippen molar-refractivity contribution in [3.05, 3.63) is 47.0 Å². The number of aromatic nitrogens is 3. The lowest BCUT2D eigenvalue weighted by atomic mass is 9.97. The number of hydrogen-bond acceptors (Lipinski definition) is 5. The second-order valence-corrected chi connectivity index (χ2v) is 9.11. The number of nitrogens with zero attached hydrogens (tertiary/aromatic N) is 4. The molecule has 0 unspecified atom stereocenters. The summed E-state index contributed by atoms with van der Waals surface area (Å²) in [5, 5.41) is 15.2. The third kappa shape index (κ3) is 4.47. The van der Waals surface area contributed by atoms with Gasteiger partial charge in [0, 0.05) is 25.6 Å². The van der Waals surface area contributed by atoms with Crippen molar-refractivity contribution in [3.63, 3.8) is 0 Å². The summed E-state index contributed by atoms with van der Waals surface area (Å²) < 4.78 is 21.4. The number of halogens is 1. The zero-order valence-electron chi connectivity index (χ0n) is 19.8. The lowest BCUT2D eigenvalue weighted by Crippen LogP contribution is -2.38. The number of carbonyl (C=O) groups excluding carboxylic acids is 1. The van der Waals surface area contributed by atoms with Crippen LogP contribution in [0.5, 0.6) is 5.75 Å². The predicted molar refractivity (Wildman–Crippen MR) is 125 cm³/mol. The van der Waals surface area contributed by atoms with Crippen molar-refractivity contribution < 1.29 is 23.8 Å². The summed E-state index contributed by atoms with van der Waals surface area (Å²) in [6.45, 7) is 9.06. The van der Waals surface area contributed by atoms with E-state index in [0.29, 0.717) is 47.7 Å². The van der Waals surface area contributed by atoms with Gasteiger partial charge in [-0.25, -0.2) is 18.9 Å². The van der Waals surface area contributed by atoms with E-state index in [1.54, 1.807) is 30.7 Å². The molecule has 34 heavy (non-hydrogen) atoms. The van der Waals surface area contributed by atoms with Crippen molar-refractivity contribution in [2.75, 3.05) is 19.7 Å². The number of likely N-dealkylation sites (tertiary alicyclic amines) is 1. The molecule has 0 radical (unpaired) electrons. The number of hydrogen-bond donors (Lipinski definition) is 1. The maximum atomic E-state index is 13.5. The van der Waals surface area contributed by atoms with Crippen molar-refractivity contribution in [2.24, 2.45) is 5.92 Å². The summed E-state index contributed by atoms with van der Waals surface area (Å²) in [6, 6.07) is 5.82. The summed E-state index contributed by atoms with van der Waals surface area (Å²) in [6.07, 6.45) is 1.65. The van der Waals surface area contributed by atoms with Gasteiger partial charge in [-0.2, -0.15) is 5.10 Å². The third-order valence-electron chi connectivity index (χ3n) is 6.37. The SMILES string of the molecule is CC(=O)N1CCC(COc2c(C)c(C(=O)O)nc3c2c(C(C)C)nn3-c2ccc(F)cc2)CC1. The smallest absolute Gasteiger partial charge is 0.354 e. The van der Waals surface area contributed by atoms with Gasteiger partial charge < -0.3 is 14.7 Å². The molecule has 180 valence electrons. The largest absolute Gasteiger partial charge is 0.492 e. The minimum absolute atomic E-state index is 0.0160. The molecule has 0 bridgehead atoms. The summed E-state index contributed by atoms with van der Waals surface area (Å²) >= 11 is 0. The Morgan fingerprint density at radius 1 is 1.21 bits per heavy atom.